The van der Waals surface area contributed by atoms with Crippen molar-refractivity contribution < 1.29 is 23.8 Å². The largest absolute Gasteiger partial charge is 0.459 e. The molecule has 0 aliphatic carbocycles. The van der Waals surface area contributed by atoms with Gasteiger partial charge in [-0.2, -0.15) is 10.5 Å². The van der Waals surface area contributed by atoms with E-state index >= 15 is 0 Å². The molecule has 0 aliphatic heterocycles. The number of ether oxygens (including phenoxy) is 3. The highest BCUT2D eigenvalue weighted by molar-refractivity contribution is 5.93. The Labute approximate surface area is 147 Å². The van der Waals surface area contributed by atoms with Gasteiger partial charge in [-0.1, -0.05) is 24.3 Å². The van der Waals surface area contributed by atoms with Gasteiger partial charge in [0, 0.05) is 0 Å². The molecule has 0 aliphatic rings. The third-order valence-corrected chi connectivity index (χ3v) is 2.51. The van der Waals surface area contributed by atoms with Gasteiger partial charge < -0.3 is 14.2 Å². The third-order valence-electron chi connectivity index (χ3n) is 2.51. The molecule has 0 radical (unpaired) electrons. The van der Waals surface area contributed by atoms with Crippen LogP contribution in [0.1, 0.15) is 13.8 Å². The zero-order valence-electron chi connectivity index (χ0n) is 14.2. The van der Waals surface area contributed by atoms with Gasteiger partial charge in [0.25, 0.3) is 0 Å². The number of esters is 2. The van der Waals surface area contributed by atoms with Crippen molar-refractivity contribution in [3.8, 4) is 12.1 Å². The van der Waals surface area contributed by atoms with Crippen LogP contribution in [0.2, 0.25) is 0 Å². The van der Waals surface area contributed by atoms with Crippen molar-refractivity contribution in [1.29, 1.82) is 10.5 Å². The van der Waals surface area contributed by atoms with Gasteiger partial charge >= 0.3 is 11.9 Å². The van der Waals surface area contributed by atoms with Crippen molar-refractivity contribution in [2.24, 2.45) is 0 Å². The van der Waals surface area contributed by atoms with Crippen LogP contribution >= 0.6 is 0 Å². The number of rotatable bonds is 10. The quantitative estimate of drug-likeness (QED) is 0.196. The summed E-state index contributed by atoms with van der Waals surface area (Å²) in [7, 11) is 0. The molecule has 25 heavy (non-hydrogen) atoms. The number of carbonyl (C=O) groups is 2. The Morgan fingerprint density at radius 3 is 1.52 bits per heavy atom. The summed E-state index contributed by atoms with van der Waals surface area (Å²) < 4.78 is 14.9. The normalized spacial score (nSPS) is 12.0. The van der Waals surface area contributed by atoms with Crippen molar-refractivity contribution in [2.75, 3.05) is 26.4 Å². The Hall–Kier alpha value is -3.16. The Morgan fingerprint density at radius 2 is 1.20 bits per heavy atom. The molecule has 0 aromatic carbocycles. The molecule has 0 unspecified atom stereocenters. The van der Waals surface area contributed by atoms with Gasteiger partial charge in [0.05, 0.1) is 13.2 Å². The number of carbonyl (C=O) groups excluding carboxylic acids is 2. The topological polar surface area (TPSA) is 109 Å². The molecule has 0 aromatic rings. The first-order valence-electron chi connectivity index (χ1n) is 7.48. The molecule has 0 aromatic heterocycles. The zero-order valence-corrected chi connectivity index (χ0v) is 14.2. The van der Waals surface area contributed by atoms with E-state index in [2.05, 4.69) is 0 Å². The molecule has 0 heterocycles. The van der Waals surface area contributed by atoms with Gasteiger partial charge in [-0.25, -0.2) is 9.59 Å². The molecule has 0 saturated heterocycles. The smallest absolute Gasteiger partial charge is 0.348 e. The Morgan fingerprint density at radius 1 is 0.800 bits per heavy atom. The fourth-order valence-electron chi connectivity index (χ4n) is 1.33. The highest BCUT2D eigenvalue weighted by Crippen LogP contribution is 1.99. The van der Waals surface area contributed by atoms with Crippen LogP contribution < -0.4 is 0 Å². The van der Waals surface area contributed by atoms with Crippen LogP contribution in [-0.2, 0) is 23.8 Å². The summed E-state index contributed by atoms with van der Waals surface area (Å²) in [6, 6.07) is 3.48. The zero-order chi connectivity index (χ0) is 18.9. The number of allylic oxidation sites excluding steroid dienone is 6. The fourth-order valence-corrected chi connectivity index (χ4v) is 1.33. The minimum absolute atomic E-state index is 0.0354. The van der Waals surface area contributed by atoms with Crippen molar-refractivity contribution >= 4 is 11.9 Å². The minimum Gasteiger partial charge on any atom is -0.459 e. The lowest BCUT2D eigenvalue weighted by molar-refractivity contribution is -0.141. The summed E-state index contributed by atoms with van der Waals surface area (Å²) >= 11 is 0. The van der Waals surface area contributed by atoms with Crippen molar-refractivity contribution in [1.82, 2.24) is 0 Å². The summed E-state index contributed by atoms with van der Waals surface area (Å²) in [5.74, 6) is -1.47. The lowest BCUT2D eigenvalue weighted by atomic mass is 10.2. The minimum atomic E-state index is -0.733. The number of hydrogen-bond acceptors (Lipinski definition) is 7. The number of nitriles is 2. The van der Waals surface area contributed by atoms with Gasteiger partial charge in [0.2, 0.25) is 0 Å². The van der Waals surface area contributed by atoms with Crippen LogP contribution in [-0.4, -0.2) is 38.4 Å². The summed E-state index contributed by atoms with van der Waals surface area (Å²) in [6.45, 7) is 3.62. The second-order valence-electron chi connectivity index (χ2n) is 4.32. The molecule has 0 atom stereocenters. The van der Waals surface area contributed by atoms with E-state index in [9.17, 15) is 9.59 Å². The van der Waals surface area contributed by atoms with E-state index in [0.29, 0.717) is 0 Å². The summed E-state index contributed by atoms with van der Waals surface area (Å²) in [5.41, 5.74) is -0.215. The molecule has 0 spiro atoms. The molecule has 0 amide bonds. The summed E-state index contributed by atoms with van der Waals surface area (Å²) in [5, 5.41) is 17.6. The molecule has 0 fully saturated rings. The molecular formula is C18H20N2O5. The van der Waals surface area contributed by atoms with Crippen molar-refractivity contribution in [3.63, 3.8) is 0 Å². The lowest BCUT2D eigenvalue weighted by Gasteiger charge is -2.06. The summed E-state index contributed by atoms with van der Waals surface area (Å²) in [6.07, 6.45) is 9.20. The average molecular weight is 344 g/mol. The van der Waals surface area contributed by atoms with Crippen LogP contribution in [0.25, 0.3) is 0 Å². The molecule has 0 saturated carbocycles. The monoisotopic (exact) mass is 344 g/mol. The third kappa shape index (κ3) is 10.3. The molecule has 0 bridgehead atoms. The Balaban J connectivity index is 3.98. The molecule has 7 heteroatoms. The standard InChI is InChI=1S/C18H20N2O5/c1-3-5-7-15(13-19)17(21)24-11-9-23-10-12-25-18(22)16(14-20)8-6-4-2/h3-8H,9-12H2,1-2H3. The average Bonchev–Trinajstić information content (AvgIpc) is 2.62. The number of nitrogens with zero attached hydrogens (tertiary/aromatic N) is 2. The second-order valence-corrected chi connectivity index (χ2v) is 4.32. The maximum Gasteiger partial charge on any atom is 0.348 e. The Kier molecular flexibility index (Phi) is 12.6. The van der Waals surface area contributed by atoms with Gasteiger partial charge in [-0.15, -0.1) is 0 Å². The van der Waals surface area contributed by atoms with Crippen molar-refractivity contribution in [3.05, 3.63) is 47.6 Å². The summed E-state index contributed by atoms with van der Waals surface area (Å²) in [4.78, 5) is 23.1. The number of hydrogen-bond donors (Lipinski definition) is 0. The maximum atomic E-state index is 11.5. The van der Waals surface area contributed by atoms with Gasteiger partial charge in [0.1, 0.15) is 36.5 Å². The predicted octanol–water partition coefficient (Wildman–Crippen LogP) is 2.14. The van der Waals surface area contributed by atoms with E-state index in [1.54, 1.807) is 50.3 Å². The second kappa shape index (κ2) is 14.4. The first-order valence-corrected chi connectivity index (χ1v) is 7.48. The Bertz CT molecular complexity index is 589. The molecular weight excluding hydrogens is 324 g/mol. The van der Waals surface area contributed by atoms with E-state index in [4.69, 9.17) is 24.7 Å². The molecule has 0 rings (SSSR count). The first-order chi connectivity index (χ1) is 12.1. The maximum absolute atomic E-state index is 11.5. The van der Waals surface area contributed by atoms with E-state index in [-0.39, 0.29) is 37.6 Å². The lowest BCUT2D eigenvalue weighted by Crippen LogP contribution is -2.15. The fraction of sp³-hybridized carbons (Fsp3) is 0.333. The van der Waals surface area contributed by atoms with Crippen LogP contribution in [0.15, 0.2) is 47.6 Å². The van der Waals surface area contributed by atoms with E-state index in [1.807, 2.05) is 0 Å². The molecule has 0 N–H and O–H groups in total. The van der Waals surface area contributed by atoms with E-state index in [0.717, 1.165) is 0 Å². The van der Waals surface area contributed by atoms with Gasteiger partial charge in [0.15, 0.2) is 0 Å². The predicted molar refractivity (Wildman–Crippen MR) is 89.8 cm³/mol. The van der Waals surface area contributed by atoms with Crippen LogP contribution in [0.5, 0.6) is 0 Å². The first kappa shape index (κ1) is 21.8. The van der Waals surface area contributed by atoms with Gasteiger partial charge in [-0.3, -0.25) is 0 Å². The van der Waals surface area contributed by atoms with E-state index < -0.39 is 11.9 Å². The van der Waals surface area contributed by atoms with Crippen LogP contribution in [0, 0.1) is 22.7 Å². The van der Waals surface area contributed by atoms with Crippen LogP contribution in [0.3, 0.4) is 0 Å². The highest BCUT2D eigenvalue weighted by atomic mass is 16.6. The molecule has 7 nitrogen and oxygen atoms in total. The van der Waals surface area contributed by atoms with Crippen molar-refractivity contribution in [2.45, 2.75) is 13.8 Å². The van der Waals surface area contributed by atoms with E-state index in [1.165, 1.54) is 12.2 Å². The highest BCUT2D eigenvalue weighted by Gasteiger charge is 2.10. The molecule has 132 valence electrons. The SMILES string of the molecule is CC=CC=C(C#N)C(=O)OCCOCCOC(=O)C(C#N)=CC=CC. The van der Waals surface area contributed by atoms with Gasteiger partial charge in [-0.05, 0) is 26.0 Å². The van der Waals surface area contributed by atoms with Crippen LogP contribution in [0.4, 0.5) is 0 Å².